The Morgan fingerprint density at radius 2 is 2.06 bits per heavy atom. The molecule has 2 nitrogen and oxygen atoms in total. The molecule has 18 heavy (non-hydrogen) atoms. The van der Waals surface area contributed by atoms with Gasteiger partial charge in [-0.2, -0.15) is 16.2 Å². The molecule has 2 atom stereocenters. The highest BCUT2D eigenvalue weighted by Crippen LogP contribution is 2.44. The number of hydrogen-bond acceptors (Lipinski definition) is 3. The molecule has 0 saturated carbocycles. The van der Waals surface area contributed by atoms with Crippen molar-refractivity contribution in [3.63, 3.8) is 0 Å². The van der Waals surface area contributed by atoms with Crippen LogP contribution in [0.3, 0.4) is 0 Å². The Kier molecular flexibility index (Phi) is 3.37. The fourth-order valence-electron chi connectivity index (χ4n) is 3.06. The highest BCUT2D eigenvalue weighted by molar-refractivity contribution is 8.00. The second-order valence-corrected chi connectivity index (χ2v) is 6.79. The van der Waals surface area contributed by atoms with E-state index in [1.54, 1.807) is 12.1 Å². The molecule has 0 amide bonds. The fraction of sp³-hybridized carbons (Fsp3) is 0.571. The Labute approximate surface area is 110 Å². The van der Waals surface area contributed by atoms with Crippen LogP contribution < -0.4 is 0 Å². The minimum Gasteiger partial charge on any atom is -0.294 e. The molecular formula is C14H16FNOS. The van der Waals surface area contributed by atoms with Gasteiger partial charge in [0.1, 0.15) is 0 Å². The smallest absolute Gasteiger partial charge is 0.223 e. The van der Waals surface area contributed by atoms with E-state index in [0.717, 1.165) is 12.8 Å². The van der Waals surface area contributed by atoms with E-state index in [-0.39, 0.29) is 17.3 Å². The number of aromatic nitrogens is 1. The number of rotatable bonds is 2. The highest BCUT2D eigenvalue weighted by Gasteiger charge is 2.36. The van der Waals surface area contributed by atoms with E-state index in [1.807, 2.05) is 11.8 Å². The van der Waals surface area contributed by atoms with Gasteiger partial charge >= 0.3 is 0 Å². The average Bonchev–Trinajstić information content (AvgIpc) is 2.38. The van der Waals surface area contributed by atoms with Gasteiger partial charge in [0.15, 0.2) is 5.78 Å². The minimum absolute atomic E-state index is 0.000231. The Balaban J connectivity index is 1.79. The lowest BCUT2D eigenvalue weighted by atomic mass is 9.84. The van der Waals surface area contributed by atoms with Gasteiger partial charge in [0.05, 0.1) is 5.56 Å². The second kappa shape index (κ2) is 5.00. The van der Waals surface area contributed by atoms with Crippen LogP contribution in [0.4, 0.5) is 4.39 Å². The third-order valence-electron chi connectivity index (χ3n) is 3.93. The first-order valence-electron chi connectivity index (χ1n) is 6.54. The summed E-state index contributed by atoms with van der Waals surface area (Å²) in [6.45, 7) is 0. The van der Waals surface area contributed by atoms with E-state index in [9.17, 15) is 9.18 Å². The van der Waals surface area contributed by atoms with Crippen LogP contribution >= 0.6 is 11.8 Å². The lowest BCUT2D eigenvalue weighted by molar-refractivity contribution is 0.0891. The zero-order chi connectivity index (χ0) is 12.5. The molecule has 0 spiro atoms. The number of thioether (sulfide) groups is 1. The summed E-state index contributed by atoms with van der Waals surface area (Å²) in [7, 11) is 0. The van der Waals surface area contributed by atoms with Crippen molar-refractivity contribution in [2.24, 2.45) is 5.92 Å². The second-order valence-electron chi connectivity index (χ2n) is 5.19. The van der Waals surface area contributed by atoms with E-state index in [2.05, 4.69) is 4.98 Å². The molecule has 3 heterocycles. The van der Waals surface area contributed by atoms with Gasteiger partial charge in [0.25, 0.3) is 0 Å². The summed E-state index contributed by atoms with van der Waals surface area (Å²) in [6, 6.07) is 3.19. The molecule has 96 valence electrons. The minimum atomic E-state index is -0.620. The first kappa shape index (κ1) is 12.2. The summed E-state index contributed by atoms with van der Waals surface area (Å²) < 4.78 is 13.5. The number of Topliss-reactive ketones (excluding diaryl/α,β-unsaturated/α-hetero) is 1. The first-order valence-corrected chi connectivity index (χ1v) is 7.48. The van der Waals surface area contributed by atoms with Gasteiger partial charge in [0, 0.05) is 22.6 Å². The van der Waals surface area contributed by atoms with Crippen LogP contribution in [0.2, 0.25) is 0 Å². The lowest BCUT2D eigenvalue weighted by Gasteiger charge is -2.37. The first-order chi connectivity index (χ1) is 8.74. The van der Waals surface area contributed by atoms with Gasteiger partial charge < -0.3 is 0 Å². The van der Waals surface area contributed by atoms with Crippen LogP contribution in [0.5, 0.6) is 0 Å². The molecule has 2 bridgehead atoms. The molecule has 1 aromatic rings. The van der Waals surface area contributed by atoms with Crippen LogP contribution in [0, 0.1) is 11.9 Å². The van der Waals surface area contributed by atoms with Gasteiger partial charge in [-0.25, -0.2) is 4.98 Å². The van der Waals surface area contributed by atoms with Gasteiger partial charge in [-0.3, -0.25) is 4.79 Å². The summed E-state index contributed by atoms with van der Waals surface area (Å²) in [5.41, 5.74) is 0.174. The molecule has 2 saturated heterocycles. The quantitative estimate of drug-likeness (QED) is 0.606. The molecular weight excluding hydrogens is 249 g/mol. The number of hydrogen-bond donors (Lipinski definition) is 0. The number of carbonyl (C=O) groups excluding carboxylic acids is 1. The SMILES string of the molecule is O=C(c1cccnc1F)C1CC2CCCC(C1)S2. The predicted molar refractivity (Wildman–Crippen MR) is 70.3 cm³/mol. The van der Waals surface area contributed by atoms with Crippen LogP contribution in [0.1, 0.15) is 42.5 Å². The summed E-state index contributed by atoms with van der Waals surface area (Å²) in [4.78, 5) is 15.9. The van der Waals surface area contributed by atoms with E-state index in [1.165, 1.54) is 25.5 Å². The van der Waals surface area contributed by atoms with Crippen LogP contribution in [0.15, 0.2) is 18.3 Å². The van der Waals surface area contributed by atoms with Gasteiger partial charge in [-0.15, -0.1) is 0 Å². The topological polar surface area (TPSA) is 30.0 Å². The van der Waals surface area contributed by atoms with Gasteiger partial charge in [-0.1, -0.05) is 6.42 Å². The third kappa shape index (κ3) is 2.30. The number of nitrogens with zero attached hydrogens (tertiary/aromatic N) is 1. The molecule has 0 aromatic carbocycles. The van der Waals surface area contributed by atoms with Crippen molar-refractivity contribution in [2.45, 2.75) is 42.6 Å². The molecule has 0 aliphatic carbocycles. The van der Waals surface area contributed by atoms with E-state index in [4.69, 9.17) is 0 Å². The van der Waals surface area contributed by atoms with Crippen molar-refractivity contribution >= 4 is 17.5 Å². The van der Waals surface area contributed by atoms with Crippen molar-refractivity contribution < 1.29 is 9.18 Å². The summed E-state index contributed by atoms with van der Waals surface area (Å²) in [5, 5.41) is 1.21. The average molecular weight is 265 g/mol. The molecule has 2 fully saturated rings. The monoisotopic (exact) mass is 265 g/mol. The Bertz CT molecular complexity index is 453. The normalized spacial score (nSPS) is 31.1. The van der Waals surface area contributed by atoms with E-state index >= 15 is 0 Å². The molecule has 3 rings (SSSR count). The van der Waals surface area contributed by atoms with Crippen molar-refractivity contribution in [1.29, 1.82) is 0 Å². The third-order valence-corrected chi connectivity index (χ3v) is 5.55. The van der Waals surface area contributed by atoms with Gasteiger partial charge in [0.2, 0.25) is 5.95 Å². The molecule has 2 aliphatic rings. The van der Waals surface area contributed by atoms with Crippen LogP contribution in [0.25, 0.3) is 0 Å². The Morgan fingerprint density at radius 3 is 2.72 bits per heavy atom. The molecule has 1 aromatic heterocycles. The number of fused-ring (bicyclic) bond motifs is 2. The number of halogens is 1. The van der Waals surface area contributed by atoms with Crippen molar-refractivity contribution in [2.75, 3.05) is 0 Å². The highest BCUT2D eigenvalue weighted by atomic mass is 32.2. The van der Waals surface area contributed by atoms with Crippen molar-refractivity contribution in [1.82, 2.24) is 4.98 Å². The molecule has 2 aliphatic heterocycles. The predicted octanol–water partition coefficient (Wildman–Crippen LogP) is 3.47. The summed E-state index contributed by atoms with van der Waals surface area (Å²) in [6.07, 6.45) is 6.91. The van der Waals surface area contributed by atoms with Crippen LogP contribution in [-0.4, -0.2) is 21.3 Å². The molecule has 0 N–H and O–H groups in total. The molecule has 4 heteroatoms. The zero-order valence-electron chi connectivity index (χ0n) is 10.1. The number of ketones is 1. The van der Waals surface area contributed by atoms with E-state index in [0.29, 0.717) is 10.5 Å². The maximum absolute atomic E-state index is 13.5. The summed E-state index contributed by atoms with van der Waals surface area (Å²) >= 11 is 2.03. The largest absolute Gasteiger partial charge is 0.294 e. The van der Waals surface area contributed by atoms with Crippen LogP contribution in [-0.2, 0) is 0 Å². The Hall–Kier alpha value is -0.900. The van der Waals surface area contributed by atoms with Crippen molar-refractivity contribution in [3.05, 3.63) is 29.8 Å². The maximum atomic E-state index is 13.5. The van der Waals surface area contributed by atoms with Gasteiger partial charge in [-0.05, 0) is 37.8 Å². The molecule has 0 radical (unpaired) electrons. The Morgan fingerprint density at radius 1 is 1.33 bits per heavy atom. The number of pyridine rings is 1. The van der Waals surface area contributed by atoms with E-state index < -0.39 is 5.95 Å². The number of carbonyl (C=O) groups is 1. The fourth-order valence-corrected chi connectivity index (χ4v) is 4.90. The summed E-state index contributed by atoms with van der Waals surface area (Å²) in [5.74, 6) is -0.663. The maximum Gasteiger partial charge on any atom is 0.223 e. The zero-order valence-corrected chi connectivity index (χ0v) is 11.0. The molecule has 2 unspecified atom stereocenters. The lowest BCUT2D eigenvalue weighted by Crippen LogP contribution is -2.33. The standard InChI is InChI=1S/C14H16FNOS/c15-14-12(5-2-6-16-14)13(17)9-7-10-3-1-4-11(8-9)18-10/h2,5-6,9-11H,1,3-4,7-8H2. The van der Waals surface area contributed by atoms with Crippen molar-refractivity contribution in [3.8, 4) is 0 Å².